The first-order chi connectivity index (χ1) is 13.3. The summed E-state index contributed by atoms with van der Waals surface area (Å²) in [7, 11) is -4.04. The van der Waals surface area contributed by atoms with Crippen LogP contribution in [0.2, 0.25) is 5.02 Å². The highest BCUT2D eigenvalue weighted by Gasteiger charge is 2.41. The molecule has 1 heterocycles. The third-order valence-electron chi connectivity index (χ3n) is 4.81. The molecule has 0 radical (unpaired) electrons. The number of allylic oxidation sites excluding steroid dienone is 1. The highest BCUT2D eigenvalue weighted by molar-refractivity contribution is 7.90. The fourth-order valence-corrected chi connectivity index (χ4v) is 4.42. The number of hydrogen-bond acceptors (Lipinski definition) is 4. The maximum atomic E-state index is 13.0. The molecule has 5 nitrogen and oxygen atoms in total. The highest BCUT2D eigenvalue weighted by Crippen LogP contribution is 2.32. The monoisotopic (exact) mass is 416 g/mol. The van der Waals surface area contributed by atoms with Gasteiger partial charge >= 0.3 is 0 Å². The van der Waals surface area contributed by atoms with Gasteiger partial charge in [0.05, 0.1) is 4.90 Å². The molecule has 2 aromatic carbocycles. The Morgan fingerprint density at radius 1 is 1.07 bits per heavy atom. The van der Waals surface area contributed by atoms with Crippen LogP contribution in [-0.4, -0.2) is 20.5 Å². The Labute approximate surface area is 170 Å². The Bertz CT molecular complexity index is 1050. The minimum absolute atomic E-state index is 0.0621. The van der Waals surface area contributed by atoms with Gasteiger partial charge in [0, 0.05) is 11.2 Å². The molecule has 1 aliphatic rings. The number of carbonyl (C=O) groups is 1. The van der Waals surface area contributed by atoms with E-state index in [4.69, 9.17) is 11.6 Å². The van der Waals surface area contributed by atoms with Crippen molar-refractivity contribution in [3.05, 3.63) is 76.3 Å². The van der Waals surface area contributed by atoms with E-state index in [1.807, 2.05) is 13.8 Å². The zero-order valence-corrected chi connectivity index (χ0v) is 17.2. The summed E-state index contributed by atoms with van der Waals surface area (Å²) < 4.78 is 27.9. The van der Waals surface area contributed by atoms with Crippen LogP contribution in [0.15, 0.2) is 64.5 Å². The summed E-state index contributed by atoms with van der Waals surface area (Å²) in [5, 5.41) is 0.515. The molecule has 0 spiro atoms. The van der Waals surface area contributed by atoms with Crippen LogP contribution in [0.1, 0.15) is 30.5 Å². The van der Waals surface area contributed by atoms with Gasteiger partial charge in [-0.2, -0.15) is 0 Å². The summed E-state index contributed by atoms with van der Waals surface area (Å²) in [6.45, 7) is 3.99. The van der Waals surface area contributed by atoms with Gasteiger partial charge in [0.15, 0.2) is 5.54 Å². The molecule has 0 fully saturated rings. The average Bonchev–Trinajstić information content (AvgIpc) is 3.19. The van der Waals surface area contributed by atoms with E-state index in [1.54, 1.807) is 48.6 Å². The standard InChI is InChI=1S/C21H21ClN2O3S/c1-3-15-6-11-19(14-16(15)4-2)28(26,27)24-20(25)21(12-5-13-23-21)17-7-9-18(22)10-8-17/h5-14H,3-4H2,1-2H3,(H,24,25). The van der Waals surface area contributed by atoms with Gasteiger partial charge in [-0.15, -0.1) is 0 Å². The van der Waals surface area contributed by atoms with E-state index < -0.39 is 21.5 Å². The highest BCUT2D eigenvalue weighted by atomic mass is 35.5. The number of benzene rings is 2. The largest absolute Gasteiger partial charge is 0.270 e. The number of rotatable bonds is 6. The van der Waals surface area contributed by atoms with Crippen molar-refractivity contribution in [3.8, 4) is 0 Å². The van der Waals surface area contributed by atoms with Gasteiger partial charge in [0.2, 0.25) is 0 Å². The third kappa shape index (κ3) is 3.75. The van der Waals surface area contributed by atoms with Crippen LogP contribution >= 0.6 is 11.6 Å². The molecule has 0 aliphatic carbocycles. The molecule has 146 valence electrons. The van der Waals surface area contributed by atoms with Gasteiger partial charge < -0.3 is 0 Å². The molecule has 0 bridgehead atoms. The van der Waals surface area contributed by atoms with Crippen LogP contribution in [0.3, 0.4) is 0 Å². The van der Waals surface area contributed by atoms with E-state index in [2.05, 4.69) is 9.71 Å². The lowest BCUT2D eigenvalue weighted by Crippen LogP contribution is -2.43. The zero-order chi connectivity index (χ0) is 20.4. The lowest BCUT2D eigenvalue weighted by molar-refractivity contribution is -0.123. The number of amides is 1. The molecular formula is C21H21ClN2O3S. The SMILES string of the molecule is CCc1ccc(S(=O)(=O)NC(=O)C2(c3ccc(Cl)cc3)C=CC=N2)cc1CC. The second kappa shape index (κ2) is 7.89. The zero-order valence-electron chi connectivity index (χ0n) is 15.6. The molecule has 1 N–H and O–H groups in total. The van der Waals surface area contributed by atoms with E-state index in [-0.39, 0.29) is 4.90 Å². The van der Waals surface area contributed by atoms with Crippen molar-refractivity contribution < 1.29 is 13.2 Å². The molecule has 1 amide bonds. The maximum absolute atomic E-state index is 13.0. The normalized spacial score (nSPS) is 18.4. The number of sulfonamides is 1. The molecule has 1 unspecified atom stereocenters. The Hall–Kier alpha value is -2.44. The summed E-state index contributed by atoms with van der Waals surface area (Å²) in [5.74, 6) is -0.738. The van der Waals surface area contributed by atoms with Gasteiger partial charge in [-0.3, -0.25) is 9.79 Å². The first kappa shape index (κ1) is 20.3. The Balaban J connectivity index is 1.95. The molecular weight excluding hydrogens is 396 g/mol. The Morgan fingerprint density at radius 3 is 2.32 bits per heavy atom. The van der Waals surface area contributed by atoms with E-state index in [0.29, 0.717) is 17.0 Å². The Morgan fingerprint density at radius 2 is 1.75 bits per heavy atom. The van der Waals surface area contributed by atoms with Crippen LogP contribution in [0.25, 0.3) is 0 Å². The molecule has 28 heavy (non-hydrogen) atoms. The van der Waals surface area contributed by atoms with E-state index in [0.717, 1.165) is 17.5 Å². The summed E-state index contributed by atoms with van der Waals surface area (Å²) in [5.41, 5.74) is 1.14. The summed E-state index contributed by atoms with van der Waals surface area (Å²) in [4.78, 5) is 17.3. The van der Waals surface area contributed by atoms with E-state index in [9.17, 15) is 13.2 Å². The van der Waals surface area contributed by atoms with Gasteiger partial charge in [0.1, 0.15) is 0 Å². The fourth-order valence-electron chi connectivity index (χ4n) is 3.23. The first-order valence-electron chi connectivity index (χ1n) is 9.00. The van der Waals surface area contributed by atoms with Crippen molar-refractivity contribution in [2.75, 3.05) is 0 Å². The number of aryl methyl sites for hydroxylation is 2. The molecule has 0 saturated carbocycles. The van der Waals surface area contributed by atoms with Crippen LogP contribution in [-0.2, 0) is 33.2 Å². The fraction of sp³-hybridized carbons (Fsp3) is 0.238. The van der Waals surface area contributed by atoms with E-state index in [1.165, 1.54) is 12.3 Å². The van der Waals surface area contributed by atoms with Crippen molar-refractivity contribution in [1.29, 1.82) is 0 Å². The van der Waals surface area contributed by atoms with Crippen LogP contribution in [0.4, 0.5) is 0 Å². The molecule has 2 aromatic rings. The van der Waals surface area contributed by atoms with Crippen LogP contribution in [0.5, 0.6) is 0 Å². The van der Waals surface area contributed by atoms with Gasteiger partial charge in [-0.25, -0.2) is 13.1 Å². The van der Waals surface area contributed by atoms with Crippen molar-refractivity contribution >= 4 is 33.7 Å². The lowest BCUT2D eigenvalue weighted by atomic mass is 9.90. The van der Waals surface area contributed by atoms with Gasteiger partial charge in [-0.1, -0.05) is 43.6 Å². The number of carbonyl (C=O) groups excluding carboxylic acids is 1. The van der Waals surface area contributed by atoms with E-state index >= 15 is 0 Å². The summed E-state index contributed by atoms with van der Waals surface area (Å²) >= 11 is 5.93. The number of hydrogen-bond donors (Lipinski definition) is 1. The maximum Gasteiger partial charge on any atom is 0.270 e. The van der Waals surface area contributed by atoms with Crippen molar-refractivity contribution in [3.63, 3.8) is 0 Å². The molecule has 0 aromatic heterocycles. The predicted molar refractivity (Wildman–Crippen MR) is 111 cm³/mol. The van der Waals surface area contributed by atoms with Gasteiger partial charge in [0.25, 0.3) is 15.9 Å². The first-order valence-corrected chi connectivity index (χ1v) is 10.9. The van der Waals surface area contributed by atoms with Crippen LogP contribution in [0, 0.1) is 0 Å². The van der Waals surface area contributed by atoms with Crippen molar-refractivity contribution in [2.45, 2.75) is 37.1 Å². The van der Waals surface area contributed by atoms with Gasteiger partial charge in [-0.05, 0) is 65.9 Å². The lowest BCUT2D eigenvalue weighted by Gasteiger charge is -2.24. The number of nitrogens with one attached hydrogen (secondary N) is 1. The summed E-state index contributed by atoms with van der Waals surface area (Å²) in [6, 6.07) is 11.5. The number of halogens is 1. The second-order valence-corrected chi connectivity index (χ2v) is 8.60. The second-order valence-electron chi connectivity index (χ2n) is 6.48. The molecule has 3 rings (SSSR count). The molecule has 0 saturated heterocycles. The van der Waals surface area contributed by atoms with Crippen molar-refractivity contribution in [2.24, 2.45) is 4.99 Å². The molecule has 1 aliphatic heterocycles. The van der Waals surface area contributed by atoms with Crippen molar-refractivity contribution in [1.82, 2.24) is 4.72 Å². The molecule has 1 atom stereocenters. The summed E-state index contributed by atoms with van der Waals surface area (Å²) in [6.07, 6.45) is 6.19. The topological polar surface area (TPSA) is 75.6 Å². The predicted octanol–water partition coefficient (Wildman–Crippen LogP) is 3.81. The minimum atomic E-state index is -4.04. The third-order valence-corrected chi connectivity index (χ3v) is 6.39. The average molecular weight is 417 g/mol. The number of aliphatic imine (C=N–C) groups is 1. The van der Waals surface area contributed by atoms with Crippen LogP contribution < -0.4 is 4.72 Å². The quantitative estimate of drug-likeness (QED) is 0.778. The Kier molecular flexibility index (Phi) is 5.72. The smallest absolute Gasteiger partial charge is 0.270 e. The minimum Gasteiger partial charge on any atom is -0.270 e. The molecule has 7 heteroatoms. The number of nitrogens with zero attached hydrogens (tertiary/aromatic N) is 1.